The summed E-state index contributed by atoms with van der Waals surface area (Å²) in [4.78, 5) is 0. The van der Waals surface area contributed by atoms with Crippen LogP contribution in [0.15, 0.2) is 24.3 Å². The normalized spacial score (nSPS) is 19.9. The molecule has 100 valence electrons. The molecule has 1 aliphatic heterocycles. The van der Waals surface area contributed by atoms with Crippen molar-refractivity contribution in [1.29, 1.82) is 0 Å². The molecular weight excluding hydrogens is 228 g/mol. The van der Waals surface area contributed by atoms with Gasteiger partial charge in [0, 0.05) is 0 Å². The van der Waals surface area contributed by atoms with Crippen molar-refractivity contribution in [2.45, 2.75) is 45.5 Å². The van der Waals surface area contributed by atoms with Crippen molar-refractivity contribution in [1.82, 2.24) is 0 Å². The zero-order chi connectivity index (χ0) is 13.0. The van der Waals surface area contributed by atoms with E-state index in [1.807, 2.05) is 12.1 Å². The third-order valence-electron chi connectivity index (χ3n) is 2.76. The summed E-state index contributed by atoms with van der Waals surface area (Å²) in [5.74, 6) is 0.916. The maximum absolute atomic E-state index is 5.74. The molecule has 3 heteroatoms. The smallest absolute Gasteiger partial charge is 0.119 e. The van der Waals surface area contributed by atoms with Crippen LogP contribution in [-0.4, -0.2) is 31.5 Å². The Hall–Kier alpha value is -1.06. The summed E-state index contributed by atoms with van der Waals surface area (Å²) >= 11 is 0. The first-order valence-electron chi connectivity index (χ1n) is 6.62. The highest BCUT2D eigenvalue weighted by molar-refractivity contribution is 5.29. The van der Waals surface area contributed by atoms with Crippen LogP contribution < -0.4 is 4.74 Å². The molecule has 2 rings (SSSR count). The molecule has 0 saturated carbocycles. The standard InChI is InChI=1S/C15H22O3/c1-11(2)18-12(3)7-13-5-4-6-14(8-13)16-9-15-10-17-15/h4-6,8,11-12,15H,7,9-10H2,1-3H3/t12-,15-/m1/s1. The largest absolute Gasteiger partial charge is 0.491 e. The summed E-state index contributed by atoms with van der Waals surface area (Å²) < 4.78 is 16.5. The van der Waals surface area contributed by atoms with Crippen molar-refractivity contribution >= 4 is 0 Å². The van der Waals surface area contributed by atoms with E-state index in [9.17, 15) is 0 Å². The fourth-order valence-corrected chi connectivity index (χ4v) is 1.96. The molecule has 0 aliphatic carbocycles. The van der Waals surface area contributed by atoms with E-state index < -0.39 is 0 Å². The van der Waals surface area contributed by atoms with E-state index in [-0.39, 0.29) is 12.2 Å². The summed E-state index contributed by atoms with van der Waals surface area (Å²) in [6.07, 6.45) is 1.71. The lowest BCUT2D eigenvalue weighted by atomic mass is 10.1. The first kappa shape index (κ1) is 13.4. The molecule has 1 heterocycles. The van der Waals surface area contributed by atoms with Gasteiger partial charge in [-0.05, 0) is 44.9 Å². The molecule has 1 fully saturated rings. The molecule has 1 aliphatic rings. The van der Waals surface area contributed by atoms with Crippen LogP contribution in [0.3, 0.4) is 0 Å². The molecule has 0 amide bonds. The van der Waals surface area contributed by atoms with E-state index in [0.29, 0.717) is 12.7 Å². The van der Waals surface area contributed by atoms with Crippen molar-refractivity contribution in [3.8, 4) is 5.75 Å². The third kappa shape index (κ3) is 4.67. The molecule has 0 spiro atoms. The van der Waals surface area contributed by atoms with Gasteiger partial charge in [0.1, 0.15) is 18.5 Å². The van der Waals surface area contributed by atoms with Crippen molar-refractivity contribution in [3.05, 3.63) is 29.8 Å². The Labute approximate surface area is 109 Å². The Morgan fingerprint density at radius 3 is 2.78 bits per heavy atom. The van der Waals surface area contributed by atoms with E-state index in [0.717, 1.165) is 18.8 Å². The zero-order valence-corrected chi connectivity index (χ0v) is 11.4. The van der Waals surface area contributed by atoms with Crippen LogP contribution in [0, 0.1) is 0 Å². The minimum Gasteiger partial charge on any atom is -0.491 e. The molecule has 1 aromatic carbocycles. The number of rotatable bonds is 7. The molecule has 3 nitrogen and oxygen atoms in total. The first-order chi connectivity index (χ1) is 8.63. The minimum absolute atomic E-state index is 0.229. The topological polar surface area (TPSA) is 31.0 Å². The SMILES string of the molecule is CC(C)O[C@H](C)Cc1cccc(OC[C@@H]2CO2)c1. The highest BCUT2D eigenvalue weighted by Crippen LogP contribution is 2.18. The van der Waals surface area contributed by atoms with Gasteiger partial charge in [0.2, 0.25) is 0 Å². The van der Waals surface area contributed by atoms with Crippen LogP contribution in [0.5, 0.6) is 5.75 Å². The average molecular weight is 250 g/mol. The van der Waals surface area contributed by atoms with Crippen LogP contribution in [0.2, 0.25) is 0 Å². The molecule has 0 unspecified atom stereocenters. The molecule has 0 N–H and O–H groups in total. The Morgan fingerprint density at radius 2 is 2.11 bits per heavy atom. The lowest BCUT2D eigenvalue weighted by Crippen LogP contribution is -2.16. The third-order valence-corrected chi connectivity index (χ3v) is 2.76. The van der Waals surface area contributed by atoms with Crippen molar-refractivity contribution < 1.29 is 14.2 Å². The monoisotopic (exact) mass is 250 g/mol. The van der Waals surface area contributed by atoms with E-state index in [2.05, 4.69) is 32.9 Å². The van der Waals surface area contributed by atoms with Gasteiger partial charge < -0.3 is 14.2 Å². The predicted octanol–water partition coefficient (Wildman–Crippen LogP) is 2.82. The second-order valence-electron chi connectivity index (χ2n) is 5.11. The predicted molar refractivity (Wildman–Crippen MR) is 71.1 cm³/mol. The molecule has 2 atom stereocenters. The molecule has 0 aromatic heterocycles. The van der Waals surface area contributed by atoms with Gasteiger partial charge in [0.25, 0.3) is 0 Å². The van der Waals surface area contributed by atoms with Crippen LogP contribution in [0.25, 0.3) is 0 Å². The Balaban J connectivity index is 1.85. The van der Waals surface area contributed by atoms with Crippen molar-refractivity contribution in [3.63, 3.8) is 0 Å². The van der Waals surface area contributed by atoms with Crippen LogP contribution in [-0.2, 0) is 15.9 Å². The fourth-order valence-electron chi connectivity index (χ4n) is 1.96. The molecule has 18 heavy (non-hydrogen) atoms. The molecular formula is C15H22O3. The van der Waals surface area contributed by atoms with Gasteiger partial charge >= 0.3 is 0 Å². The van der Waals surface area contributed by atoms with Crippen LogP contribution >= 0.6 is 0 Å². The lowest BCUT2D eigenvalue weighted by Gasteiger charge is -2.16. The lowest BCUT2D eigenvalue weighted by molar-refractivity contribution is 0.0194. The molecule has 0 bridgehead atoms. The summed E-state index contributed by atoms with van der Waals surface area (Å²) in [5.41, 5.74) is 1.25. The fraction of sp³-hybridized carbons (Fsp3) is 0.600. The van der Waals surface area contributed by atoms with E-state index >= 15 is 0 Å². The first-order valence-corrected chi connectivity index (χ1v) is 6.62. The second-order valence-corrected chi connectivity index (χ2v) is 5.11. The van der Waals surface area contributed by atoms with Gasteiger partial charge in [0.15, 0.2) is 0 Å². The summed E-state index contributed by atoms with van der Waals surface area (Å²) in [6.45, 7) is 7.71. The average Bonchev–Trinajstić information content (AvgIpc) is 3.09. The highest BCUT2D eigenvalue weighted by atomic mass is 16.6. The molecule has 1 saturated heterocycles. The van der Waals surface area contributed by atoms with E-state index in [4.69, 9.17) is 14.2 Å². The maximum atomic E-state index is 5.74. The summed E-state index contributed by atoms with van der Waals surface area (Å²) in [5, 5.41) is 0. The summed E-state index contributed by atoms with van der Waals surface area (Å²) in [7, 11) is 0. The Morgan fingerprint density at radius 1 is 1.33 bits per heavy atom. The van der Waals surface area contributed by atoms with Crippen LogP contribution in [0.1, 0.15) is 26.3 Å². The maximum Gasteiger partial charge on any atom is 0.119 e. The molecule has 1 aromatic rings. The second kappa shape index (κ2) is 6.21. The van der Waals surface area contributed by atoms with Gasteiger partial charge in [-0.2, -0.15) is 0 Å². The van der Waals surface area contributed by atoms with Gasteiger partial charge in [-0.15, -0.1) is 0 Å². The number of hydrogen-bond acceptors (Lipinski definition) is 3. The zero-order valence-electron chi connectivity index (χ0n) is 11.4. The van der Waals surface area contributed by atoms with Crippen LogP contribution in [0.4, 0.5) is 0 Å². The molecule has 0 radical (unpaired) electrons. The van der Waals surface area contributed by atoms with E-state index in [1.165, 1.54) is 5.56 Å². The van der Waals surface area contributed by atoms with Crippen molar-refractivity contribution in [2.75, 3.05) is 13.2 Å². The van der Waals surface area contributed by atoms with Gasteiger partial charge in [-0.25, -0.2) is 0 Å². The van der Waals surface area contributed by atoms with E-state index in [1.54, 1.807) is 0 Å². The number of benzene rings is 1. The minimum atomic E-state index is 0.229. The van der Waals surface area contributed by atoms with Gasteiger partial charge in [0.05, 0.1) is 18.8 Å². The highest BCUT2D eigenvalue weighted by Gasteiger charge is 2.23. The number of ether oxygens (including phenoxy) is 3. The Kier molecular flexibility index (Phi) is 4.61. The quantitative estimate of drug-likeness (QED) is 0.697. The summed E-state index contributed by atoms with van der Waals surface area (Å²) in [6, 6.07) is 8.21. The van der Waals surface area contributed by atoms with Crippen molar-refractivity contribution in [2.24, 2.45) is 0 Å². The van der Waals surface area contributed by atoms with Gasteiger partial charge in [-0.3, -0.25) is 0 Å². The number of hydrogen-bond donors (Lipinski definition) is 0. The van der Waals surface area contributed by atoms with Gasteiger partial charge in [-0.1, -0.05) is 12.1 Å². The number of epoxide rings is 1. The Bertz CT molecular complexity index is 372.